The van der Waals surface area contributed by atoms with Crippen molar-refractivity contribution in [3.05, 3.63) is 27.6 Å². The summed E-state index contributed by atoms with van der Waals surface area (Å²) in [6.07, 6.45) is 1.61. The molecule has 0 fully saturated rings. The molecule has 2 aromatic rings. The molecule has 0 aliphatic heterocycles. The lowest BCUT2D eigenvalue weighted by atomic mass is 10.5. The number of hydrogen-bond donors (Lipinski definition) is 0. The van der Waals surface area contributed by atoms with Gasteiger partial charge in [0.2, 0.25) is 0 Å². The average molecular weight is 323 g/mol. The molecular formula is C8H5BrClN3S2. The number of rotatable bonds is 2. The molecule has 0 saturated carbocycles. The highest BCUT2D eigenvalue weighted by Gasteiger charge is 2.08. The van der Waals surface area contributed by atoms with Gasteiger partial charge in [-0.1, -0.05) is 11.6 Å². The van der Waals surface area contributed by atoms with Crippen LogP contribution in [0.15, 0.2) is 26.1 Å². The van der Waals surface area contributed by atoms with E-state index in [-0.39, 0.29) is 0 Å². The standard InChI is InChI=1S/C8H5BrClN3S2/c1-4-12-8(15-13-4)14-7-6(9)2-5(10)3-11-7/h2-3H,1H3. The Morgan fingerprint density at radius 1 is 1.53 bits per heavy atom. The van der Waals surface area contributed by atoms with E-state index in [1.54, 1.807) is 6.20 Å². The minimum Gasteiger partial charge on any atom is -0.247 e. The molecule has 0 spiro atoms. The van der Waals surface area contributed by atoms with Crippen LogP contribution in [0.1, 0.15) is 5.82 Å². The van der Waals surface area contributed by atoms with Gasteiger partial charge < -0.3 is 0 Å². The van der Waals surface area contributed by atoms with E-state index in [4.69, 9.17) is 11.6 Å². The first-order chi connectivity index (χ1) is 7.15. The van der Waals surface area contributed by atoms with Gasteiger partial charge in [0.05, 0.1) is 9.50 Å². The van der Waals surface area contributed by atoms with Gasteiger partial charge in [-0.2, -0.15) is 4.37 Å². The maximum absolute atomic E-state index is 5.80. The fourth-order valence-corrected chi connectivity index (χ4v) is 3.29. The molecule has 78 valence electrons. The predicted octanol–water partition coefficient (Wildman–Crippen LogP) is 3.81. The van der Waals surface area contributed by atoms with Crippen molar-refractivity contribution in [3.63, 3.8) is 0 Å². The Balaban J connectivity index is 2.24. The summed E-state index contributed by atoms with van der Waals surface area (Å²) >= 11 is 12.0. The van der Waals surface area contributed by atoms with Crippen LogP contribution in [0.4, 0.5) is 0 Å². The SMILES string of the molecule is Cc1nsc(Sc2ncc(Cl)cc2Br)n1. The zero-order valence-corrected chi connectivity index (χ0v) is 11.5. The monoisotopic (exact) mass is 321 g/mol. The summed E-state index contributed by atoms with van der Waals surface area (Å²) in [6.45, 7) is 1.87. The topological polar surface area (TPSA) is 38.7 Å². The van der Waals surface area contributed by atoms with E-state index in [0.29, 0.717) is 5.02 Å². The average Bonchev–Trinajstić information content (AvgIpc) is 2.56. The molecule has 0 aromatic carbocycles. The quantitative estimate of drug-likeness (QED) is 0.843. The lowest BCUT2D eigenvalue weighted by Crippen LogP contribution is -1.81. The summed E-state index contributed by atoms with van der Waals surface area (Å²) < 4.78 is 5.85. The first kappa shape index (κ1) is 11.3. The van der Waals surface area contributed by atoms with Crippen LogP contribution in [-0.4, -0.2) is 14.3 Å². The summed E-state index contributed by atoms with van der Waals surface area (Å²) in [5, 5.41) is 1.45. The van der Waals surface area contributed by atoms with Crippen molar-refractivity contribution in [1.82, 2.24) is 14.3 Å². The maximum atomic E-state index is 5.80. The van der Waals surface area contributed by atoms with Crippen LogP contribution in [-0.2, 0) is 0 Å². The Labute approximate surface area is 109 Å². The van der Waals surface area contributed by atoms with Crippen LogP contribution in [0.2, 0.25) is 5.02 Å². The van der Waals surface area contributed by atoms with E-state index in [1.165, 1.54) is 23.3 Å². The van der Waals surface area contributed by atoms with Crippen LogP contribution in [0, 0.1) is 6.92 Å². The van der Waals surface area contributed by atoms with Crippen LogP contribution >= 0.6 is 50.8 Å². The van der Waals surface area contributed by atoms with Gasteiger partial charge in [0, 0.05) is 6.20 Å². The molecule has 0 N–H and O–H groups in total. The van der Waals surface area contributed by atoms with E-state index in [2.05, 4.69) is 30.3 Å². The highest BCUT2D eigenvalue weighted by molar-refractivity contribution is 9.10. The van der Waals surface area contributed by atoms with Crippen molar-refractivity contribution >= 4 is 50.8 Å². The zero-order chi connectivity index (χ0) is 10.8. The predicted molar refractivity (Wildman–Crippen MR) is 65.7 cm³/mol. The Morgan fingerprint density at radius 3 is 2.93 bits per heavy atom. The molecule has 2 aromatic heterocycles. The van der Waals surface area contributed by atoms with E-state index >= 15 is 0 Å². The number of aryl methyl sites for hydroxylation is 1. The minimum absolute atomic E-state index is 0.611. The lowest BCUT2D eigenvalue weighted by Gasteiger charge is -1.99. The summed E-state index contributed by atoms with van der Waals surface area (Å²) in [4.78, 5) is 8.45. The van der Waals surface area contributed by atoms with Crippen LogP contribution in [0.25, 0.3) is 0 Å². The van der Waals surface area contributed by atoms with Gasteiger partial charge in [-0.3, -0.25) is 0 Å². The first-order valence-corrected chi connectivity index (χ1v) is 6.70. The third kappa shape index (κ3) is 2.90. The third-order valence-corrected chi connectivity index (χ3v) is 4.40. The Kier molecular flexibility index (Phi) is 3.60. The molecule has 0 unspecified atom stereocenters. The van der Waals surface area contributed by atoms with E-state index in [1.807, 2.05) is 13.0 Å². The molecule has 0 atom stereocenters. The Morgan fingerprint density at radius 2 is 2.33 bits per heavy atom. The van der Waals surface area contributed by atoms with Gasteiger partial charge >= 0.3 is 0 Å². The van der Waals surface area contributed by atoms with Gasteiger partial charge in [0.1, 0.15) is 10.9 Å². The van der Waals surface area contributed by atoms with Crippen molar-refractivity contribution in [2.75, 3.05) is 0 Å². The summed E-state index contributed by atoms with van der Waals surface area (Å²) in [5.74, 6) is 0.785. The highest BCUT2D eigenvalue weighted by atomic mass is 79.9. The normalized spacial score (nSPS) is 10.6. The van der Waals surface area contributed by atoms with E-state index in [9.17, 15) is 0 Å². The smallest absolute Gasteiger partial charge is 0.176 e. The van der Waals surface area contributed by atoms with Crippen molar-refractivity contribution in [1.29, 1.82) is 0 Å². The fourth-order valence-electron chi connectivity index (χ4n) is 0.879. The van der Waals surface area contributed by atoms with Gasteiger partial charge in [0.15, 0.2) is 4.34 Å². The second-order valence-electron chi connectivity index (χ2n) is 2.65. The molecule has 7 heteroatoms. The molecule has 2 rings (SSSR count). The number of halogens is 2. The molecule has 0 aliphatic rings. The number of hydrogen-bond acceptors (Lipinski definition) is 5. The van der Waals surface area contributed by atoms with Crippen molar-refractivity contribution < 1.29 is 0 Å². The maximum Gasteiger partial charge on any atom is 0.176 e. The summed E-state index contributed by atoms with van der Waals surface area (Å²) in [6, 6.07) is 1.81. The third-order valence-electron chi connectivity index (χ3n) is 1.47. The minimum atomic E-state index is 0.611. The van der Waals surface area contributed by atoms with Crippen LogP contribution < -0.4 is 0 Å². The molecular weight excluding hydrogens is 318 g/mol. The molecule has 0 amide bonds. The first-order valence-electron chi connectivity index (χ1n) is 3.94. The molecule has 0 radical (unpaired) electrons. The number of nitrogens with zero attached hydrogens (tertiary/aromatic N) is 3. The molecule has 0 bridgehead atoms. The molecule has 0 saturated heterocycles. The van der Waals surface area contributed by atoms with Crippen LogP contribution in [0.5, 0.6) is 0 Å². The van der Waals surface area contributed by atoms with Gasteiger partial charge in [-0.05, 0) is 52.2 Å². The lowest BCUT2D eigenvalue weighted by molar-refractivity contribution is 1.08. The molecule has 2 heterocycles. The van der Waals surface area contributed by atoms with Crippen molar-refractivity contribution in [2.24, 2.45) is 0 Å². The fraction of sp³-hybridized carbons (Fsp3) is 0.125. The Bertz CT molecular complexity index is 488. The van der Waals surface area contributed by atoms with E-state index < -0.39 is 0 Å². The van der Waals surface area contributed by atoms with Crippen LogP contribution in [0.3, 0.4) is 0 Å². The largest absolute Gasteiger partial charge is 0.247 e. The van der Waals surface area contributed by atoms with Gasteiger partial charge in [-0.15, -0.1) is 0 Å². The second-order valence-corrected chi connectivity index (χ2v) is 5.93. The van der Waals surface area contributed by atoms with Gasteiger partial charge in [-0.25, -0.2) is 9.97 Å². The van der Waals surface area contributed by atoms with Crippen molar-refractivity contribution in [3.8, 4) is 0 Å². The molecule has 0 aliphatic carbocycles. The second kappa shape index (κ2) is 4.78. The summed E-state index contributed by atoms with van der Waals surface area (Å²) in [7, 11) is 0. The molecule has 3 nitrogen and oxygen atoms in total. The Hall–Kier alpha value is -0.170. The van der Waals surface area contributed by atoms with E-state index in [0.717, 1.165) is 19.7 Å². The number of aromatic nitrogens is 3. The zero-order valence-electron chi connectivity index (χ0n) is 7.57. The summed E-state index contributed by atoms with van der Waals surface area (Å²) in [5.41, 5.74) is 0. The molecule has 15 heavy (non-hydrogen) atoms. The van der Waals surface area contributed by atoms with Crippen molar-refractivity contribution in [2.45, 2.75) is 16.3 Å². The number of pyridine rings is 1. The van der Waals surface area contributed by atoms with Gasteiger partial charge in [0.25, 0.3) is 0 Å². The highest BCUT2D eigenvalue weighted by Crippen LogP contribution is 2.33.